The summed E-state index contributed by atoms with van der Waals surface area (Å²) in [6.45, 7) is 6.62. The van der Waals surface area contributed by atoms with E-state index in [9.17, 15) is 0 Å². The van der Waals surface area contributed by atoms with Gasteiger partial charge in [-0.15, -0.1) is 0 Å². The molecule has 2 rings (SSSR count). The van der Waals surface area contributed by atoms with Crippen LogP contribution in [0.3, 0.4) is 0 Å². The van der Waals surface area contributed by atoms with E-state index in [0.717, 1.165) is 41.6 Å². The molecule has 0 amide bonds. The first kappa shape index (κ1) is 13.2. The third-order valence-corrected chi connectivity index (χ3v) is 4.45. The average Bonchev–Trinajstić information content (AvgIpc) is 2.79. The van der Waals surface area contributed by atoms with Gasteiger partial charge in [0.05, 0.1) is 5.02 Å². The number of hydrogen-bond donors (Lipinski definition) is 1. The Morgan fingerprint density at radius 1 is 1.53 bits per heavy atom. The van der Waals surface area contributed by atoms with Crippen LogP contribution in [-0.2, 0) is 0 Å². The second kappa shape index (κ2) is 6.07. The van der Waals surface area contributed by atoms with Gasteiger partial charge in [-0.3, -0.25) is 0 Å². The van der Waals surface area contributed by atoms with Crippen molar-refractivity contribution in [2.24, 2.45) is 5.92 Å². The quantitative estimate of drug-likeness (QED) is 0.914. The highest BCUT2D eigenvalue weighted by atomic mass is 79.9. The molecule has 0 aliphatic carbocycles. The molecule has 1 unspecified atom stereocenters. The van der Waals surface area contributed by atoms with Crippen LogP contribution in [0.15, 0.2) is 22.7 Å². The van der Waals surface area contributed by atoms with Crippen molar-refractivity contribution in [2.75, 3.05) is 31.1 Å². The molecule has 1 atom stereocenters. The van der Waals surface area contributed by atoms with E-state index in [1.54, 1.807) is 0 Å². The fraction of sp³-hybridized carbons (Fsp3) is 0.538. The summed E-state index contributed by atoms with van der Waals surface area (Å²) < 4.78 is 0.979. The molecule has 1 aliphatic rings. The average molecular weight is 318 g/mol. The van der Waals surface area contributed by atoms with Crippen molar-refractivity contribution in [3.63, 3.8) is 0 Å². The molecule has 0 radical (unpaired) electrons. The number of halogens is 2. The molecule has 0 spiro atoms. The molecule has 0 saturated carbocycles. The van der Waals surface area contributed by atoms with Gasteiger partial charge in [0.2, 0.25) is 0 Å². The summed E-state index contributed by atoms with van der Waals surface area (Å²) in [6, 6.07) is 6.17. The second-order valence-corrected chi connectivity index (χ2v) is 5.77. The molecule has 2 nitrogen and oxygen atoms in total. The van der Waals surface area contributed by atoms with Crippen molar-refractivity contribution in [1.82, 2.24) is 5.32 Å². The normalized spacial score (nSPS) is 19.9. The van der Waals surface area contributed by atoms with Crippen LogP contribution in [-0.4, -0.2) is 26.2 Å². The van der Waals surface area contributed by atoms with Gasteiger partial charge in [-0.2, -0.15) is 0 Å². The van der Waals surface area contributed by atoms with E-state index in [4.69, 9.17) is 11.6 Å². The van der Waals surface area contributed by atoms with Gasteiger partial charge < -0.3 is 10.2 Å². The van der Waals surface area contributed by atoms with Crippen LogP contribution in [0.1, 0.15) is 13.3 Å². The Bertz CT molecular complexity index is 384. The molecular weight excluding hydrogens is 300 g/mol. The summed E-state index contributed by atoms with van der Waals surface area (Å²) in [5.41, 5.74) is 1.26. The Kier molecular flexibility index (Phi) is 4.71. The first-order valence-corrected chi connectivity index (χ1v) is 7.28. The van der Waals surface area contributed by atoms with Gasteiger partial charge in [0.15, 0.2) is 0 Å². The van der Waals surface area contributed by atoms with E-state index in [1.165, 1.54) is 12.1 Å². The van der Waals surface area contributed by atoms with Crippen molar-refractivity contribution in [1.29, 1.82) is 0 Å². The molecule has 1 saturated heterocycles. The van der Waals surface area contributed by atoms with E-state index >= 15 is 0 Å². The lowest BCUT2D eigenvalue weighted by Crippen LogP contribution is -2.26. The zero-order chi connectivity index (χ0) is 12.3. The Morgan fingerprint density at radius 3 is 3.06 bits per heavy atom. The predicted octanol–water partition coefficient (Wildman–Crippen LogP) is 3.54. The van der Waals surface area contributed by atoms with E-state index in [2.05, 4.69) is 45.2 Å². The minimum Gasteiger partial charge on any atom is -0.371 e. The molecular formula is C13H18BrClN2. The zero-order valence-corrected chi connectivity index (χ0v) is 12.4. The Hall–Kier alpha value is -0.250. The largest absolute Gasteiger partial charge is 0.371 e. The first-order valence-electron chi connectivity index (χ1n) is 6.11. The zero-order valence-electron chi connectivity index (χ0n) is 10.0. The highest BCUT2D eigenvalue weighted by Crippen LogP contribution is 2.30. The Morgan fingerprint density at radius 2 is 2.35 bits per heavy atom. The van der Waals surface area contributed by atoms with Gasteiger partial charge in [0, 0.05) is 23.2 Å². The standard InChI is InChI=1S/C13H18BrClN2/c1-2-16-8-10-5-6-17(9-10)11-3-4-13(15)12(14)7-11/h3-4,7,10,16H,2,5-6,8-9H2,1H3. The third-order valence-electron chi connectivity index (χ3n) is 3.24. The van der Waals surface area contributed by atoms with Gasteiger partial charge in [0.1, 0.15) is 0 Å². The molecule has 1 aromatic carbocycles. The van der Waals surface area contributed by atoms with E-state index in [0.29, 0.717) is 0 Å². The predicted molar refractivity (Wildman–Crippen MR) is 78.0 cm³/mol. The molecule has 0 aromatic heterocycles. The summed E-state index contributed by atoms with van der Waals surface area (Å²) >= 11 is 9.49. The van der Waals surface area contributed by atoms with Crippen molar-refractivity contribution in [3.05, 3.63) is 27.7 Å². The van der Waals surface area contributed by atoms with Crippen LogP contribution < -0.4 is 10.2 Å². The lowest BCUT2D eigenvalue weighted by molar-refractivity contribution is 0.528. The minimum absolute atomic E-state index is 0.768. The number of benzene rings is 1. The molecule has 1 fully saturated rings. The number of rotatable bonds is 4. The SMILES string of the molecule is CCNCC1CCN(c2ccc(Cl)c(Br)c2)C1. The Labute approximate surface area is 116 Å². The van der Waals surface area contributed by atoms with Crippen molar-refractivity contribution in [2.45, 2.75) is 13.3 Å². The number of hydrogen-bond acceptors (Lipinski definition) is 2. The van der Waals surface area contributed by atoms with Gasteiger partial charge in [-0.25, -0.2) is 0 Å². The van der Waals surface area contributed by atoms with Crippen molar-refractivity contribution in [3.8, 4) is 0 Å². The molecule has 1 aliphatic heterocycles. The number of nitrogens with one attached hydrogen (secondary N) is 1. The monoisotopic (exact) mass is 316 g/mol. The summed E-state index contributed by atoms with van der Waals surface area (Å²) in [5, 5.41) is 4.20. The van der Waals surface area contributed by atoms with Crippen LogP contribution in [0.2, 0.25) is 5.02 Å². The van der Waals surface area contributed by atoms with E-state index in [1.807, 2.05) is 6.07 Å². The van der Waals surface area contributed by atoms with Crippen LogP contribution >= 0.6 is 27.5 Å². The van der Waals surface area contributed by atoms with Crippen molar-refractivity contribution >= 4 is 33.2 Å². The van der Waals surface area contributed by atoms with Crippen LogP contribution in [0, 0.1) is 5.92 Å². The Balaban J connectivity index is 1.97. The first-order chi connectivity index (χ1) is 8.20. The number of nitrogens with zero attached hydrogens (tertiary/aromatic N) is 1. The maximum absolute atomic E-state index is 6.01. The lowest BCUT2D eigenvalue weighted by Gasteiger charge is -2.19. The van der Waals surface area contributed by atoms with Crippen molar-refractivity contribution < 1.29 is 0 Å². The molecule has 1 aromatic rings. The summed E-state index contributed by atoms with van der Waals surface area (Å²) in [5.74, 6) is 0.768. The topological polar surface area (TPSA) is 15.3 Å². The summed E-state index contributed by atoms with van der Waals surface area (Å²) in [6.07, 6.45) is 1.27. The maximum Gasteiger partial charge on any atom is 0.0549 e. The van der Waals surface area contributed by atoms with Gasteiger partial charge in [-0.1, -0.05) is 18.5 Å². The van der Waals surface area contributed by atoms with Crippen LogP contribution in [0.4, 0.5) is 5.69 Å². The van der Waals surface area contributed by atoms with Crippen LogP contribution in [0.5, 0.6) is 0 Å². The molecule has 0 bridgehead atoms. The fourth-order valence-electron chi connectivity index (χ4n) is 2.26. The smallest absolute Gasteiger partial charge is 0.0549 e. The highest BCUT2D eigenvalue weighted by Gasteiger charge is 2.22. The molecule has 94 valence electrons. The van der Waals surface area contributed by atoms with Gasteiger partial charge in [-0.05, 0) is 59.6 Å². The molecule has 1 heterocycles. The number of anilines is 1. The maximum atomic E-state index is 6.01. The highest BCUT2D eigenvalue weighted by molar-refractivity contribution is 9.10. The fourth-order valence-corrected chi connectivity index (χ4v) is 2.75. The van der Waals surface area contributed by atoms with Gasteiger partial charge >= 0.3 is 0 Å². The summed E-state index contributed by atoms with van der Waals surface area (Å²) in [4.78, 5) is 2.43. The molecule has 1 N–H and O–H groups in total. The third kappa shape index (κ3) is 3.36. The minimum atomic E-state index is 0.768. The van der Waals surface area contributed by atoms with E-state index < -0.39 is 0 Å². The molecule has 17 heavy (non-hydrogen) atoms. The van der Waals surface area contributed by atoms with E-state index in [-0.39, 0.29) is 0 Å². The van der Waals surface area contributed by atoms with Gasteiger partial charge in [0.25, 0.3) is 0 Å². The van der Waals surface area contributed by atoms with Crippen LogP contribution in [0.25, 0.3) is 0 Å². The molecule has 4 heteroatoms. The lowest BCUT2D eigenvalue weighted by atomic mass is 10.1. The summed E-state index contributed by atoms with van der Waals surface area (Å²) in [7, 11) is 0. The second-order valence-electron chi connectivity index (χ2n) is 4.51.